The first kappa shape index (κ1) is 8.45. The summed E-state index contributed by atoms with van der Waals surface area (Å²) >= 11 is 4.32. The first-order chi connectivity index (χ1) is 5.75. The zero-order valence-electron chi connectivity index (χ0n) is 5.80. The molecule has 12 heavy (non-hydrogen) atoms. The summed E-state index contributed by atoms with van der Waals surface area (Å²) in [7, 11) is 0. The maximum atomic E-state index is 10.3. The highest BCUT2D eigenvalue weighted by molar-refractivity contribution is 7.78. The molecule has 5 nitrogen and oxygen atoms in total. The average Bonchev–Trinajstić information content (AvgIpc) is 2.05. The van der Waals surface area contributed by atoms with E-state index in [-0.39, 0.29) is 11.4 Å². The van der Waals surface area contributed by atoms with Crippen LogP contribution in [0.2, 0.25) is 0 Å². The van der Waals surface area contributed by atoms with Gasteiger partial charge in [-0.2, -0.15) is 4.99 Å². The number of thiocarbonyl (C=S) groups is 1. The normalized spacial score (nSPS) is 8.67. The fourth-order valence-corrected chi connectivity index (χ4v) is 0.762. The third kappa shape index (κ3) is 1.69. The van der Waals surface area contributed by atoms with E-state index in [4.69, 9.17) is 0 Å². The molecule has 0 radical (unpaired) electrons. The van der Waals surface area contributed by atoms with Crippen LogP contribution < -0.4 is 0 Å². The van der Waals surface area contributed by atoms with Crippen LogP contribution in [0, 0.1) is 10.1 Å². The van der Waals surface area contributed by atoms with Crippen LogP contribution in [-0.4, -0.2) is 15.1 Å². The smallest absolute Gasteiger partial charge is 0.258 e. The van der Waals surface area contributed by atoms with Crippen LogP contribution in [0.4, 0.5) is 11.4 Å². The highest BCUT2D eigenvalue weighted by atomic mass is 32.1. The first-order valence-electron chi connectivity index (χ1n) is 2.92. The lowest BCUT2D eigenvalue weighted by Gasteiger charge is -1.91. The monoisotopic (exact) mass is 181 g/mol. The van der Waals surface area contributed by atoms with Gasteiger partial charge in [0, 0.05) is 6.20 Å². The largest absolute Gasteiger partial charge is 0.313 e. The van der Waals surface area contributed by atoms with Crippen LogP contribution in [0.3, 0.4) is 0 Å². The van der Waals surface area contributed by atoms with E-state index >= 15 is 0 Å². The summed E-state index contributed by atoms with van der Waals surface area (Å²) in [6, 6.07) is 1.40. The molecule has 0 spiro atoms. The Hall–Kier alpha value is -1.65. The molecular formula is C6H3N3O2S. The minimum absolute atomic E-state index is 0.171. The van der Waals surface area contributed by atoms with Gasteiger partial charge in [0.1, 0.15) is 6.20 Å². The summed E-state index contributed by atoms with van der Waals surface area (Å²) in [4.78, 5) is 16.9. The lowest BCUT2D eigenvalue weighted by Crippen LogP contribution is -1.88. The fourth-order valence-electron chi connectivity index (χ4n) is 0.663. The molecule has 0 aliphatic rings. The van der Waals surface area contributed by atoms with Gasteiger partial charge in [-0.15, -0.1) is 0 Å². The molecule has 1 rings (SSSR count). The second-order valence-electron chi connectivity index (χ2n) is 1.82. The van der Waals surface area contributed by atoms with Gasteiger partial charge in [-0.1, -0.05) is 0 Å². The van der Waals surface area contributed by atoms with E-state index in [0.717, 1.165) is 6.20 Å². The summed E-state index contributed by atoms with van der Waals surface area (Å²) in [6.07, 6.45) is 2.52. The number of nitrogens with zero attached hydrogens (tertiary/aromatic N) is 3. The van der Waals surface area contributed by atoms with Gasteiger partial charge in [-0.25, -0.2) is 0 Å². The van der Waals surface area contributed by atoms with Crippen LogP contribution in [0.1, 0.15) is 0 Å². The molecule has 0 N–H and O–H groups in total. The van der Waals surface area contributed by atoms with Crippen molar-refractivity contribution in [2.24, 2.45) is 4.99 Å². The third-order valence-electron chi connectivity index (χ3n) is 1.14. The van der Waals surface area contributed by atoms with Gasteiger partial charge in [0.05, 0.1) is 10.1 Å². The standard InChI is InChI=1S/C6H3N3O2S/c10-9(11)6-3-7-2-1-5(6)8-4-12/h1-3H. The molecule has 0 atom stereocenters. The molecule has 0 saturated heterocycles. The molecule has 0 fully saturated rings. The van der Waals surface area contributed by atoms with Gasteiger partial charge in [-0.05, 0) is 18.3 Å². The second kappa shape index (κ2) is 3.66. The van der Waals surface area contributed by atoms with Gasteiger partial charge in [0.15, 0.2) is 5.69 Å². The molecular weight excluding hydrogens is 178 g/mol. The summed E-state index contributed by atoms with van der Waals surface area (Å²) in [5.41, 5.74) is -0.000139. The molecule has 1 aromatic rings. The Morgan fingerprint density at radius 3 is 3.08 bits per heavy atom. The maximum Gasteiger partial charge on any atom is 0.313 e. The fraction of sp³-hybridized carbons (Fsp3) is 0. The molecule has 0 unspecified atom stereocenters. The van der Waals surface area contributed by atoms with Crippen molar-refractivity contribution in [3.05, 3.63) is 28.6 Å². The molecule has 1 aromatic heterocycles. The quantitative estimate of drug-likeness (QED) is 0.301. The van der Waals surface area contributed by atoms with Crippen molar-refractivity contribution in [3.8, 4) is 0 Å². The van der Waals surface area contributed by atoms with Crippen LogP contribution in [-0.2, 0) is 0 Å². The Kier molecular flexibility index (Phi) is 2.57. The van der Waals surface area contributed by atoms with Crippen LogP contribution in [0.25, 0.3) is 0 Å². The predicted molar refractivity (Wildman–Crippen MR) is 45.6 cm³/mol. The lowest BCUT2D eigenvalue weighted by atomic mass is 10.4. The topological polar surface area (TPSA) is 68.4 Å². The number of nitro groups is 1. The van der Waals surface area contributed by atoms with E-state index in [9.17, 15) is 10.1 Å². The predicted octanol–water partition coefficient (Wildman–Crippen LogP) is 1.72. The second-order valence-corrected chi connectivity index (χ2v) is 2.01. The number of rotatable bonds is 2. The average molecular weight is 181 g/mol. The third-order valence-corrected chi connectivity index (χ3v) is 1.23. The number of pyridine rings is 1. The van der Waals surface area contributed by atoms with Crippen LogP contribution in [0.5, 0.6) is 0 Å². The van der Waals surface area contributed by atoms with Gasteiger partial charge >= 0.3 is 5.69 Å². The van der Waals surface area contributed by atoms with E-state index in [1.807, 2.05) is 0 Å². The molecule has 0 aliphatic heterocycles. The van der Waals surface area contributed by atoms with E-state index in [1.165, 1.54) is 12.3 Å². The number of isothiocyanates is 1. The Labute approximate surface area is 72.9 Å². The van der Waals surface area contributed by atoms with E-state index in [2.05, 4.69) is 27.4 Å². The molecule has 0 bridgehead atoms. The van der Waals surface area contributed by atoms with E-state index in [0.29, 0.717) is 0 Å². The van der Waals surface area contributed by atoms with E-state index in [1.54, 1.807) is 0 Å². The first-order valence-corrected chi connectivity index (χ1v) is 3.33. The van der Waals surface area contributed by atoms with Gasteiger partial charge < -0.3 is 0 Å². The van der Waals surface area contributed by atoms with Crippen molar-refractivity contribution < 1.29 is 4.92 Å². The van der Waals surface area contributed by atoms with Gasteiger partial charge in [0.25, 0.3) is 0 Å². The summed E-state index contributed by atoms with van der Waals surface area (Å²) in [5, 5.41) is 12.4. The molecule has 0 saturated carbocycles. The SMILES string of the molecule is O=[N+]([O-])c1cnccc1N=C=S. The summed E-state index contributed by atoms with van der Waals surface area (Å²) < 4.78 is 0. The number of aliphatic imine (C=N–C) groups is 1. The minimum Gasteiger partial charge on any atom is -0.258 e. The Morgan fingerprint density at radius 1 is 1.75 bits per heavy atom. The molecule has 1 heterocycles. The Balaban J connectivity index is 3.26. The zero-order valence-corrected chi connectivity index (χ0v) is 6.61. The maximum absolute atomic E-state index is 10.3. The van der Waals surface area contributed by atoms with Gasteiger partial charge in [-0.3, -0.25) is 15.1 Å². The Morgan fingerprint density at radius 2 is 2.50 bits per heavy atom. The zero-order chi connectivity index (χ0) is 8.97. The molecule has 0 aliphatic carbocycles. The molecule has 0 aromatic carbocycles. The molecule has 6 heteroatoms. The van der Waals surface area contributed by atoms with E-state index < -0.39 is 4.92 Å². The van der Waals surface area contributed by atoms with Gasteiger partial charge in [0.2, 0.25) is 0 Å². The minimum atomic E-state index is -0.571. The van der Waals surface area contributed by atoms with Crippen molar-refractivity contribution in [2.45, 2.75) is 0 Å². The van der Waals surface area contributed by atoms with Crippen LogP contribution >= 0.6 is 12.2 Å². The molecule has 0 amide bonds. The number of aromatic nitrogens is 1. The summed E-state index contributed by atoms with van der Waals surface area (Å²) in [5.74, 6) is 0. The highest BCUT2D eigenvalue weighted by Crippen LogP contribution is 2.24. The Bertz CT molecular complexity index is 339. The van der Waals surface area contributed by atoms with Crippen molar-refractivity contribution in [1.29, 1.82) is 0 Å². The van der Waals surface area contributed by atoms with Crippen molar-refractivity contribution >= 4 is 28.8 Å². The van der Waals surface area contributed by atoms with Crippen molar-refractivity contribution in [3.63, 3.8) is 0 Å². The number of hydrogen-bond acceptors (Lipinski definition) is 5. The molecule has 60 valence electrons. The van der Waals surface area contributed by atoms with Crippen LogP contribution in [0.15, 0.2) is 23.5 Å². The highest BCUT2D eigenvalue weighted by Gasteiger charge is 2.11. The lowest BCUT2D eigenvalue weighted by molar-refractivity contribution is -0.384. The van der Waals surface area contributed by atoms with Crippen molar-refractivity contribution in [2.75, 3.05) is 0 Å². The van der Waals surface area contributed by atoms with Crippen molar-refractivity contribution in [1.82, 2.24) is 4.98 Å². The number of hydrogen-bond donors (Lipinski definition) is 0. The summed E-state index contributed by atoms with van der Waals surface area (Å²) in [6.45, 7) is 0.